The predicted molar refractivity (Wildman–Crippen MR) is 147 cm³/mol. The third-order valence-corrected chi connectivity index (χ3v) is 7.28. The summed E-state index contributed by atoms with van der Waals surface area (Å²) in [4.78, 5) is 18.4. The van der Waals surface area contributed by atoms with Crippen LogP contribution in [0.1, 0.15) is 43.5 Å². The summed E-state index contributed by atoms with van der Waals surface area (Å²) in [6.07, 6.45) is 1.93. The molecule has 3 aromatic heterocycles. The van der Waals surface area contributed by atoms with Gasteiger partial charge >= 0.3 is 6.11 Å². The van der Waals surface area contributed by atoms with E-state index in [0.717, 1.165) is 50.5 Å². The Kier molecular flexibility index (Phi) is 8.68. The van der Waals surface area contributed by atoms with Gasteiger partial charge in [0.2, 0.25) is 5.95 Å². The van der Waals surface area contributed by atoms with E-state index in [4.69, 9.17) is 15.0 Å². The Hall–Kier alpha value is -3.44. The first-order valence-electron chi connectivity index (χ1n) is 12.5. The van der Waals surface area contributed by atoms with Crippen LogP contribution in [0.25, 0.3) is 20.8 Å². The maximum atomic E-state index is 13.2. The summed E-state index contributed by atoms with van der Waals surface area (Å²) in [5, 5.41) is 17.1. The maximum absolute atomic E-state index is 13.2. The molecule has 1 unspecified atom stereocenters. The first-order chi connectivity index (χ1) is 18.2. The quantitative estimate of drug-likeness (QED) is 0.195. The van der Waals surface area contributed by atoms with Crippen molar-refractivity contribution in [1.82, 2.24) is 19.9 Å². The van der Waals surface area contributed by atoms with Gasteiger partial charge < -0.3 is 20.5 Å². The number of thiazole rings is 1. The number of aliphatic hydroxyl groups excluding tert-OH is 1. The van der Waals surface area contributed by atoms with E-state index in [1.165, 1.54) is 6.07 Å². The number of rotatable bonds is 12. The second-order valence-electron chi connectivity index (χ2n) is 9.24. The van der Waals surface area contributed by atoms with Gasteiger partial charge in [0, 0.05) is 32.8 Å². The monoisotopic (exact) mass is 542 g/mol. The molecule has 0 bridgehead atoms. The summed E-state index contributed by atoms with van der Waals surface area (Å²) < 4.78 is 32.1. The number of ether oxygens (including phenoxy) is 1. The molecule has 0 aliphatic rings. The molecule has 0 aliphatic carbocycles. The van der Waals surface area contributed by atoms with E-state index in [-0.39, 0.29) is 18.3 Å². The lowest BCUT2D eigenvalue weighted by Gasteiger charge is -2.17. The molecular weight excluding hydrogens is 510 g/mol. The van der Waals surface area contributed by atoms with Crippen molar-refractivity contribution >= 4 is 33.3 Å². The minimum absolute atomic E-state index is 0.112. The Morgan fingerprint density at radius 1 is 1.13 bits per heavy atom. The van der Waals surface area contributed by atoms with Crippen LogP contribution in [0.2, 0.25) is 0 Å². The molecule has 8 nitrogen and oxygen atoms in total. The third-order valence-electron chi connectivity index (χ3n) is 6.22. The summed E-state index contributed by atoms with van der Waals surface area (Å²) in [6.45, 7) is 7.72. The van der Waals surface area contributed by atoms with Gasteiger partial charge in [-0.25, -0.2) is 9.97 Å². The van der Waals surface area contributed by atoms with Crippen molar-refractivity contribution in [2.45, 2.75) is 53.2 Å². The fraction of sp³-hybridized carbons (Fsp3) is 0.407. The van der Waals surface area contributed by atoms with Gasteiger partial charge in [-0.15, -0.1) is 11.3 Å². The number of halogens is 2. The zero-order chi connectivity index (χ0) is 27.3. The number of nitrogens with zero attached hydrogens (tertiary/aromatic N) is 4. The number of aryl methyl sites for hydroxylation is 2. The smallest absolute Gasteiger partial charge is 0.394 e. The predicted octanol–water partition coefficient (Wildman–Crippen LogP) is 6.19. The summed E-state index contributed by atoms with van der Waals surface area (Å²) in [7, 11) is 0. The van der Waals surface area contributed by atoms with Crippen LogP contribution in [0.5, 0.6) is 5.75 Å². The van der Waals surface area contributed by atoms with Crippen LogP contribution in [0, 0.1) is 19.8 Å². The van der Waals surface area contributed by atoms with E-state index in [1.54, 1.807) is 35.9 Å². The number of hydrogen-bond donors (Lipinski definition) is 3. The van der Waals surface area contributed by atoms with Crippen molar-refractivity contribution in [3.8, 4) is 16.3 Å². The molecule has 0 aliphatic heterocycles. The van der Waals surface area contributed by atoms with Gasteiger partial charge in [-0.05, 0) is 55.5 Å². The molecule has 202 valence electrons. The molecule has 4 rings (SSSR count). The van der Waals surface area contributed by atoms with Gasteiger partial charge in [-0.1, -0.05) is 19.4 Å². The van der Waals surface area contributed by atoms with Gasteiger partial charge in [-0.2, -0.15) is 13.8 Å². The van der Waals surface area contributed by atoms with Gasteiger partial charge in [0.05, 0.1) is 22.2 Å². The van der Waals surface area contributed by atoms with Crippen molar-refractivity contribution in [3.63, 3.8) is 0 Å². The molecule has 3 heterocycles. The van der Waals surface area contributed by atoms with Crippen molar-refractivity contribution in [3.05, 3.63) is 53.5 Å². The number of pyridine rings is 1. The summed E-state index contributed by atoms with van der Waals surface area (Å²) in [6, 6.07) is 6.79. The molecule has 38 heavy (non-hydrogen) atoms. The highest BCUT2D eigenvalue weighted by atomic mass is 32.1. The average Bonchev–Trinajstić information content (AvgIpc) is 3.28. The molecular formula is C27H32F2N6O2S. The van der Waals surface area contributed by atoms with E-state index in [1.807, 2.05) is 19.9 Å². The van der Waals surface area contributed by atoms with E-state index in [2.05, 4.69) is 27.3 Å². The zero-order valence-corrected chi connectivity index (χ0v) is 22.7. The van der Waals surface area contributed by atoms with Crippen LogP contribution in [-0.4, -0.2) is 44.3 Å². The van der Waals surface area contributed by atoms with Crippen LogP contribution in [0.4, 0.5) is 20.5 Å². The van der Waals surface area contributed by atoms with Crippen LogP contribution in [-0.2, 0) is 6.54 Å². The van der Waals surface area contributed by atoms with Crippen LogP contribution < -0.4 is 15.4 Å². The molecule has 4 aromatic rings. The molecule has 0 amide bonds. The van der Waals surface area contributed by atoms with E-state index in [0.29, 0.717) is 31.8 Å². The van der Waals surface area contributed by atoms with Crippen molar-refractivity contribution in [1.29, 1.82) is 0 Å². The van der Waals surface area contributed by atoms with Crippen molar-refractivity contribution in [2.75, 3.05) is 23.8 Å². The van der Waals surface area contributed by atoms with Gasteiger partial charge in [-0.3, -0.25) is 4.98 Å². The summed E-state index contributed by atoms with van der Waals surface area (Å²) in [5.74, 6) is 1.42. The average molecular weight is 543 g/mol. The normalized spacial score (nSPS) is 12.5. The van der Waals surface area contributed by atoms with Crippen molar-refractivity contribution < 1.29 is 18.6 Å². The second kappa shape index (κ2) is 12.0. The standard InChI is InChI=1S/C27H32F2N6O2S/c1-5-18(15-36)8-11-31-24-23(25-34-21-14-30-10-9-22(21)38-25)17(3)33-26(35-24)32-13-19-6-7-20(12-16(19)2)37-27(4,28)29/h6-7,9-10,12,14,18,36H,5,8,11,13,15H2,1-4H3,(H2,31,32,33,35). The number of benzene rings is 1. The van der Waals surface area contributed by atoms with Gasteiger partial charge in [0.1, 0.15) is 22.1 Å². The minimum atomic E-state index is -3.24. The number of alkyl halides is 2. The fourth-order valence-corrected chi connectivity index (χ4v) is 5.08. The Morgan fingerprint density at radius 2 is 1.95 bits per heavy atom. The summed E-state index contributed by atoms with van der Waals surface area (Å²) in [5.41, 5.74) is 4.12. The van der Waals surface area contributed by atoms with Crippen LogP contribution >= 0.6 is 11.3 Å². The molecule has 11 heteroatoms. The van der Waals surface area contributed by atoms with E-state index < -0.39 is 6.11 Å². The molecule has 0 fully saturated rings. The molecule has 0 spiro atoms. The van der Waals surface area contributed by atoms with E-state index >= 15 is 0 Å². The Balaban J connectivity index is 1.59. The number of nitrogens with one attached hydrogen (secondary N) is 2. The molecule has 0 saturated heterocycles. The van der Waals surface area contributed by atoms with Crippen LogP contribution in [0.3, 0.4) is 0 Å². The fourth-order valence-electron chi connectivity index (χ4n) is 4.05. The number of hydrogen-bond acceptors (Lipinski definition) is 9. The lowest BCUT2D eigenvalue weighted by Crippen LogP contribution is -2.19. The number of aromatic nitrogens is 4. The Bertz CT molecular complexity index is 1350. The largest absolute Gasteiger partial charge is 0.433 e. The van der Waals surface area contributed by atoms with Gasteiger partial charge in [0.25, 0.3) is 0 Å². The van der Waals surface area contributed by atoms with Crippen molar-refractivity contribution in [2.24, 2.45) is 5.92 Å². The molecule has 0 saturated carbocycles. The lowest BCUT2D eigenvalue weighted by atomic mass is 10.0. The minimum Gasteiger partial charge on any atom is -0.433 e. The Morgan fingerprint density at radius 3 is 2.63 bits per heavy atom. The third kappa shape index (κ3) is 6.90. The highest BCUT2D eigenvalue weighted by Gasteiger charge is 2.23. The lowest BCUT2D eigenvalue weighted by molar-refractivity contribution is -0.158. The van der Waals surface area contributed by atoms with Gasteiger partial charge in [0.15, 0.2) is 0 Å². The molecule has 1 aromatic carbocycles. The molecule has 1 atom stereocenters. The topological polar surface area (TPSA) is 105 Å². The maximum Gasteiger partial charge on any atom is 0.394 e. The van der Waals surface area contributed by atoms with E-state index in [9.17, 15) is 13.9 Å². The Labute approximate surface area is 224 Å². The first kappa shape index (κ1) is 27.6. The highest BCUT2D eigenvalue weighted by Crippen LogP contribution is 2.36. The number of aliphatic hydroxyl groups is 1. The number of fused-ring (bicyclic) bond motifs is 1. The zero-order valence-electron chi connectivity index (χ0n) is 21.9. The second-order valence-corrected chi connectivity index (χ2v) is 10.3. The highest BCUT2D eigenvalue weighted by molar-refractivity contribution is 7.21. The first-order valence-corrected chi connectivity index (χ1v) is 13.3. The van der Waals surface area contributed by atoms with Crippen LogP contribution in [0.15, 0.2) is 36.7 Å². The summed E-state index contributed by atoms with van der Waals surface area (Å²) >= 11 is 1.55. The SMILES string of the molecule is CCC(CO)CCNc1nc(NCc2ccc(OC(C)(F)F)cc2C)nc(C)c1-c1nc2cnccc2s1. The molecule has 0 radical (unpaired) electrons. The number of anilines is 2. The molecule has 3 N–H and O–H groups in total.